The van der Waals surface area contributed by atoms with Crippen molar-refractivity contribution in [1.29, 1.82) is 0 Å². The van der Waals surface area contributed by atoms with E-state index in [0.29, 0.717) is 13.3 Å². The van der Waals surface area contributed by atoms with Gasteiger partial charge in [0.2, 0.25) is 0 Å². The summed E-state index contributed by atoms with van der Waals surface area (Å²) in [5.41, 5.74) is 0. The maximum atomic E-state index is 8.72. The molecule has 1 atom stereocenters. The van der Waals surface area contributed by atoms with Crippen LogP contribution >= 0.6 is 0 Å². The Morgan fingerprint density at radius 2 is 2.11 bits per heavy atom. The number of aliphatic hydroxyl groups is 1. The Kier molecular flexibility index (Phi) is 4.67. The number of aliphatic hydroxyl groups excluding tert-OH is 1. The molecule has 0 aliphatic rings. The van der Waals surface area contributed by atoms with Gasteiger partial charge in [-0.3, -0.25) is 4.90 Å². The van der Waals surface area contributed by atoms with E-state index in [1.807, 2.05) is 19.0 Å². The van der Waals surface area contributed by atoms with Gasteiger partial charge in [-0.1, -0.05) is 0 Å². The van der Waals surface area contributed by atoms with Crippen LogP contribution in [0, 0.1) is 0 Å². The lowest BCUT2D eigenvalue weighted by Gasteiger charge is -2.10. The van der Waals surface area contributed by atoms with Crippen molar-refractivity contribution in [3.05, 3.63) is 0 Å². The van der Waals surface area contributed by atoms with Gasteiger partial charge in [0.15, 0.2) is 0 Å². The van der Waals surface area contributed by atoms with Crippen molar-refractivity contribution >= 4 is 0 Å². The van der Waals surface area contributed by atoms with Crippen molar-refractivity contribution in [2.24, 2.45) is 0 Å². The highest BCUT2D eigenvalue weighted by Crippen LogP contribution is 1.83. The second-order valence-corrected chi connectivity index (χ2v) is 2.43. The van der Waals surface area contributed by atoms with Crippen LogP contribution in [0.3, 0.4) is 0 Å². The monoisotopic (exact) mass is 133 g/mol. The van der Waals surface area contributed by atoms with Crippen molar-refractivity contribution in [1.82, 2.24) is 4.90 Å². The molecule has 9 heavy (non-hydrogen) atoms. The summed E-state index contributed by atoms with van der Waals surface area (Å²) in [7, 11) is 3.84. The van der Waals surface area contributed by atoms with Crippen molar-refractivity contribution in [2.45, 2.75) is 13.0 Å². The smallest absolute Gasteiger partial charge is 0.0986 e. The first-order chi connectivity index (χ1) is 4.13. The molecule has 0 spiro atoms. The summed E-state index contributed by atoms with van der Waals surface area (Å²) < 4.78 is 5.03. The van der Waals surface area contributed by atoms with Gasteiger partial charge in [0.25, 0.3) is 0 Å². The molecule has 0 amide bonds. The van der Waals surface area contributed by atoms with E-state index in [1.54, 1.807) is 6.92 Å². The first-order valence-electron chi connectivity index (χ1n) is 3.03. The van der Waals surface area contributed by atoms with Crippen LogP contribution < -0.4 is 0 Å². The van der Waals surface area contributed by atoms with Gasteiger partial charge >= 0.3 is 0 Å². The molecule has 0 saturated carbocycles. The molecule has 3 heteroatoms. The summed E-state index contributed by atoms with van der Waals surface area (Å²) in [6.07, 6.45) is -0.357. The molecule has 3 nitrogen and oxygen atoms in total. The second-order valence-electron chi connectivity index (χ2n) is 2.43. The van der Waals surface area contributed by atoms with Gasteiger partial charge < -0.3 is 9.84 Å². The van der Waals surface area contributed by atoms with Crippen LogP contribution in [-0.2, 0) is 4.74 Å². The van der Waals surface area contributed by atoms with Gasteiger partial charge in [-0.2, -0.15) is 0 Å². The zero-order valence-electron chi connectivity index (χ0n) is 6.29. The Hall–Kier alpha value is -0.120. The molecule has 0 aromatic rings. The van der Waals surface area contributed by atoms with Crippen LogP contribution in [0.4, 0.5) is 0 Å². The predicted molar refractivity (Wildman–Crippen MR) is 36.2 cm³/mol. The Morgan fingerprint density at radius 1 is 1.56 bits per heavy atom. The van der Waals surface area contributed by atoms with Crippen LogP contribution in [0.25, 0.3) is 0 Å². The lowest BCUT2D eigenvalue weighted by atomic mass is 10.4. The molecule has 0 radical (unpaired) electrons. The lowest BCUT2D eigenvalue weighted by molar-refractivity contribution is 0.00375. The third-order valence-corrected chi connectivity index (χ3v) is 0.709. The van der Waals surface area contributed by atoms with Crippen LogP contribution in [0.1, 0.15) is 6.92 Å². The number of hydrogen-bond donors (Lipinski definition) is 1. The van der Waals surface area contributed by atoms with E-state index in [-0.39, 0.29) is 6.10 Å². The molecule has 0 bridgehead atoms. The van der Waals surface area contributed by atoms with Gasteiger partial charge in [-0.05, 0) is 21.0 Å². The van der Waals surface area contributed by atoms with Gasteiger partial charge in [0.05, 0.1) is 19.4 Å². The quantitative estimate of drug-likeness (QED) is 0.544. The fourth-order valence-corrected chi connectivity index (χ4v) is 0.406. The summed E-state index contributed by atoms with van der Waals surface area (Å²) in [4.78, 5) is 1.91. The molecule has 0 aliphatic heterocycles. The first-order valence-corrected chi connectivity index (χ1v) is 3.03. The Balaban J connectivity index is 2.91. The Labute approximate surface area is 56.2 Å². The van der Waals surface area contributed by atoms with Crippen molar-refractivity contribution < 1.29 is 9.84 Å². The normalized spacial score (nSPS) is 14.3. The average molecular weight is 133 g/mol. The standard InChI is InChI=1S/C6H15NO2/c1-6(8)4-9-5-7(2)3/h6,8H,4-5H2,1-3H3. The molecular formula is C6H15NO2. The molecule has 0 fully saturated rings. The molecule has 0 aliphatic carbocycles. The molecule has 56 valence electrons. The Morgan fingerprint density at radius 3 is 2.44 bits per heavy atom. The number of hydrogen-bond acceptors (Lipinski definition) is 3. The van der Waals surface area contributed by atoms with Crippen LogP contribution in [0.2, 0.25) is 0 Å². The van der Waals surface area contributed by atoms with Gasteiger partial charge in [0.1, 0.15) is 0 Å². The average Bonchev–Trinajstić information content (AvgIpc) is 1.63. The van der Waals surface area contributed by atoms with E-state index in [0.717, 1.165) is 0 Å². The lowest BCUT2D eigenvalue weighted by Crippen LogP contribution is -2.20. The van der Waals surface area contributed by atoms with E-state index in [1.165, 1.54) is 0 Å². The van der Waals surface area contributed by atoms with Crippen LogP contribution in [0.5, 0.6) is 0 Å². The summed E-state index contributed by atoms with van der Waals surface area (Å²) in [6, 6.07) is 0. The summed E-state index contributed by atoms with van der Waals surface area (Å²) in [5, 5.41) is 8.72. The zero-order valence-corrected chi connectivity index (χ0v) is 6.29. The summed E-state index contributed by atoms with van der Waals surface area (Å²) in [5.74, 6) is 0. The van der Waals surface area contributed by atoms with Crippen LogP contribution in [-0.4, -0.2) is 43.5 Å². The van der Waals surface area contributed by atoms with E-state index in [9.17, 15) is 0 Å². The Bertz CT molecular complexity index is 56.1. The molecule has 0 saturated heterocycles. The molecule has 0 heterocycles. The molecule has 1 unspecified atom stereocenters. The first kappa shape index (κ1) is 8.88. The fraction of sp³-hybridized carbons (Fsp3) is 1.00. The molecule has 1 N–H and O–H groups in total. The molecule has 0 rings (SSSR count). The van der Waals surface area contributed by atoms with Crippen molar-refractivity contribution in [3.63, 3.8) is 0 Å². The fourth-order valence-electron chi connectivity index (χ4n) is 0.406. The summed E-state index contributed by atoms with van der Waals surface area (Å²) in [6.45, 7) is 2.69. The largest absolute Gasteiger partial charge is 0.391 e. The van der Waals surface area contributed by atoms with Crippen molar-refractivity contribution in [2.75, 3.05) is 27.4 Å². The molecule has 0 aromatic heterocycles. The minimum atomic E-state index is -0.357. The highest BCUT2D eigenvalue weighted by atomic mass is 16.5. The maximum absolute atomic E-state index is 8.72. The van der Waals surface area contributed by atoms with Gasteiger partial charge in [-0.25, -0.2) is 0 Å². The van der Waals surface area contributed by atoms with Crippen LogP contribution in [0.15, 0.2) is 0 Å². The topological polar surface area (TPSA) is 32.7 Å². The zero-order chi connectivity index (χ0) is 7.28. The number of nitrogens with zero attached hydrogens (tertiary/aromatic N) is 1. The minimum absolute atomic E-state index is 0.357. The van der Waals surface area contributed by atoms with E-state index < -0.39 is 0 Å². The third-order valence-electron chi connectivity index (χ3n) is 0.709. The highest BCUT2D eigenvalue weighted by Gasteiger charge is 1.94. The number of ether oxygens (including phenoxy) is 1. The third kappa shape index (κ3) is 7.88. The number of rotatable bonds is 4. The van der Waals surface area contributed by atoms with E-state index in [2.05, 4.69) is 0 Å². The minimum Gasteiger partial charge on any atom is -0.391 e. The van der Waals surface area contributed by atoms with Gasteiger partial charge in [0, 0.05) is 0 Å². The summed E-state index contributed by atoms with van der Waals surface area (Å²) >= 11 is 0. The SMILES string of the molecule is CC(O)COCN(C)C. The van der Waals surface area contributed by atoms with E-state index >= 15 is 0 Å². The van der Waals surface area contributed by atoms with Crippen molar-refractivity contribution in [3.8, 4) is 0 Å². The predicted octanol–water partition coefficient (Wildman–Crippen LogP) is -0.0971. The highest BCUT2D eigenvalue weighted by molar-refractivity contribution is 4.39. The molecular weight excluding hydrogens is 118 g/mol. The maximum Gasteiger partial charge on any atom is 0.0986 e. The second kappa shape index (κ2) is 4.73. The molecule has 0 aromatic carbocycles. The van der Waals surface area contributed by atoms with E-state index in [4.69, 9.17) is 9.84 Å². The van der Waals surface area contributed by atoms with Gasteiger partial charge in [-0.15, -0.1) is 0 Å².